The van der Waals surface area contributed by atoms with Crippen LogP contribution >= 0.6 is 11.8 Å². The maximum Gasteiger partial charge on any atom is 0.196 e. The molecule has 1 aromatic carbocycles. The van der Waals surface area contributed by atoms with Crippen molar-refractivity contribution in [3.63, 3.8) is 0 Å². The van der Waals surface area contributed by atoms with Crippen molar-refractivity contribution in [3.05, 3.63) is 78.4 Å². The first-order chi connectivity index (χ1) is 13.2. The molecule has 0 radical (unpaired) electrons. The molecular weight excluding hydrogens is 358 g/mol. The average molecular weight is 375 g/mol. The van der Waals surface area contributed by atoms with E-state index in [0.717, 1.165) is 16.8 Å². The van der Waals surface area contributed by atoms with Crippen LogP contribution in [0.25, 0.3) is 17.1 Å². The Morgan fingerprint density at radius 2 is 2.00 bits per heavy atom. The Morgan fingerprint density at radius 3 is 2.74 bits per heavy atom. The fourth-order valence-electron chi connectivity index (χ4n) is 2.79. The summed E-state index contributed by atoms with van der Waals surface area (Å²) in [6.45, 7) is 2.04. The van der Waals surface area contributed by atoms with Gasteiger partial charge in [-0.25, -0.2) is 0 Å². The molecule has 1 N–H and O–H groups in total. The Kier molecular flexibility index (Phi) is 4.84. The van der Waals surface area contributed by atoms with Crippen LogP contribution in [-0.4, -0.2) is 36.3 Å². The number of nitrogens with one attached hydrogen (secondary N) is 1. The van der Waals surface area contributed by atoms with Crippen molar-refractivity contribution in [3.8, 4) is 17.1 Å². The second-order valence-electron chi connectivity index (χ2n) is 5.97. The highest BCUT2D eigenvalue weighted by Gasteiger charge is 2.19. The predicted octanol–water partition coefficient (Wildman–Crippen LogP) is 3.94. The number of thioether (sulfide) groups is 1. The number of carbonyl (C=O) groups is 1. The first-order valence-electron chi connectivity index (χ1n) is 8.45. The number of para-hydroxylation sites is 1. The summed E-state index contributed by atoms with van der Waals surface area (Å²) in [4.78, 5) is 19.5. The molecule has 4 aromatic rings. The van der Waals surface area contributed by atoms with Gasteiger partial charge < -0.3 is 4.98 Å². The summed E-state index contributed by atoms with van der Waals surface area (Å²) in [7, 11) is 0. The third-order valence-corrected chi connectivity index (χ3v) is 5.07. The lowest BCUT2D eigenvalue weighted by atomic mass is 10.2. The third kappa shape index (κ3) is 3.54. The van der Waals surface area contributed by atoms with Crippen LogP contribution in [0.2, 0.25) is 0 Å². The zero-order valence-electron chi connectivity index (χ0n) is 14.7. The molecule has 0 amide bonds. The fraction of sp³-hybridized carbons (Fsp3) is 0.100. The highest BCUT2D eigenvalue weighted by atomic mass is 32.2. The summed E-state index contributed by atoms with van der Waals surface area (Å²) >= 11 is 1.37. The van der Waals surface area contributed by atoms with Crippen LogP contribution in [-0.2, 0) is 0 Å². The number of aromatic nitrogens is 5. The smallest absolute Gasteiger partial charge is 0.196 e. The Bertz CT molecular complexity index is 1060. The molecule has 0 aliphatic rings. The molecule has 0 saturated heterocycles. The van der Waals surface area contributed by atoms with Gasteiger partial charge in [0.05, 0.1) is 17.1 Å². The van der Waals surface area contributed by atoms with E-state index in [-0.39, 0.29) is 11.5 Å². The minimum absolute atomic E-state index is 0.0206. The molecule has 3 aromatic heterocycles. The number of carbonyl (C=O) groups excluding carboxylic acids is 1. The number of ketones is 1. The summed E-state index contributed by atoms with van der Waals surface area (Å²) < 4.78 is 1.99. The molecule has 3 heterocycles. The third-order valence-electron chi connectivity index (χ3n) is 4.14. The Morgan fingerprint density at radius 1 is 1.11 bits per heavy atom. The molecule has 0 saturated carbocycles. The van der Waals surface area contributed by atoms with Crippen molar-refractivity contribution >= 4 is 17.5 Å². The van der Waals surface area contributed by atoms with Gasteiger partial charge in [-0.3, -0.25) is 14.3 Å². The quantitative estimate of drug-likeness (QED) is 0.408. The van der Waals surface area contributed by atoms with Crippen molar-refractivity contribution in [1.82, 2.24) is 24.7 Å². The molecule has 0 aliphatic carbocycles. The predicted molar refractivity (Wildman–Crippen MR) is 105 cm³/mol. The number of hydrogen-bond donors (Lipinski definition) is 1. The van der Waals surface area contributed by atoms with Gasteiger partial charge >= 0.3 is 0 Å². The summed E-state index contributed by atoms with van der Waals surface area (Å²) in [5.41, 5.74) is 3.55. The van der Waals surface area contributed by atoms with Crippen molar-refractivity contribution in [1.29, 1.82) is 0 Å². The number of aromatic amines is 1. The standard InChI is InChI=1S/C20H17N5OS/c1-14-6-2-3-9-17(14)25-19(15-7-4-10-21-12-15)23-24-20(25)27-13-18(26)16-8-5-11-22-16/h2-12,22H,13H2,1H3. The molecule has 6 nitrogen and oxygen atoms in total. The zero-order chi connectivity index (χ0) is 18.6. The monoisotopic (exact) mass is 375 g/mol. The molecule has 4 rings (SSSR count). The number of pyridine rings is 1. The molecule has 0 spiro atoms. The van der Waals surface area contributed by atoms with Gasteiger partial charge in [-0.05, 0) is 42.8 Å². The Hall–Kier alpha value is -3.19. The van der Waals surface area contributed by atoms with Crippen molar-refractivity contribution in [2.75, 3.05) is 5.75 Å². The van der Waals surface area contributed by atoms with Crippen LogP contribution in [0.5, 0.6) is 0 Å². The van der Waals surface area contributed by atoms with Crippen LogP contribution in [0.15, 0.2) is 72.3 Å². The number of H-pyrrole nitrogens is 1. The number of nitrogens with zero attached hydrogens (tertiary/aromatic N) is 4. The van der Waals surface area contributed by atoms with Crippen LogP contribution in [0, 0.1) is 6.92 Å². The molecular formula is C20H17N5OS. The van der Waals surface area contributed by atoms with Gasteiger partial charge in [0, 0.05) is 24.2 Å². The van der Waals surface area contributed by atoms with E-state index in [0.29, 0.717) is 16.7 Å². The van der Waals surface area contributed by atoms with Crippen LogP contribution < -0.4 is 0 Å². The number of hydrogen-bond acceptors (Lipinski definition) is 5. The summed E-state index contributed by atoms with van der Waals surface area (Å²) in [6, 6.07) is 15.4. The average Bonchev–Trinajstić information content (AvgIpc) is 3.37. The lowest BCUT2D eigenvalue weighted by Gasteiger charge is -2.12. The van der Waals surface area contributed by atoms with Crippen LogP contribution in [0.4, 0.5) is 0 Å². The molecule has 0 aliphatic heterocycles. The number of benzene rings is 1. The van der Waals surface area contributed by atoms with E-state index in [2.05, 4.69) is 20.2 Å². The largest absolute Gasteiger partial charge is 0.359 e. The lowest BCUT2D eigenvalue weighted by molar-refractivity contribution is 0.101. The zero-order valence-corrected chi connectivity index (χ0v) is 15.5. The fourth-order valence-corrected chi connectivity index (χ4v) is 3.62. The number of rotatable bonds is 6. The van der Waals surface area contributed by atoms with E-state index < -0.39 is 0 Å². The van der Waals surface area contributed by atoms with Gasteiger partial charge in [0.25, 0.3) is 0 Å². The molecule has 27 heavy (non-hydrogen) atoms. The van der Waals surface area contributed by atoms with E-state index in [1.165, 1.54) is 11.8 Å². The van der Waals surface area contributed by atoms with Crippen molar-refractivity contribution < 1.29 is 4.79 Å². The topological polar surface area (TPSA) is 76.5 Å². The SMILES string of the molecule is Cc1ccccc1-n1c(SCC(=O)c2ccc[nH]2)nnc1-c1cccnc1. The minimum atomic E-state index is 0.0206. The maximum absolute atomic E-state index is 12.4. The van der Waals surface area contributed by atoms with Gasteiger partial charge in [0.15, 0.2) is 16.8 Å². The second-order valence-corrected chi connectivity index (χ2v) is 6.91. The normalized spacial score (nSPS) is 10.9. The highest BCUT2D eigenvalue weighted by Crippen LogP contribution is 2.29. The number of Topliss-reactive ketones (excluding diaryl/α,β-unsaturated/α-hetero) is 1. The highest BCUT2D eigenvalue weighted by molar-refractivity contribution is 7.99. The van der Waals surface area contributed by atoms with E-state index in [9.17, 15) is 4.79 Å². The molecule has 0 bridgehead atoms. The van der Waals surface area contributed by atoms with Gasteiger partial charge in [-0.15, -0.1) is 10.2 Å². The van der Waals surface area contributed by atoms with Gasteiger partial charge in [0.2, 0.25) is 0 Å². The van der Waals surface area contributed by atoms with Gasteiger partial charge in [-0.2, -0.15) is 0 Å². The molecule has 7 heteroatoms. The van der Waals surface area contributed by atoms with E-state index in [4.69, 9.17) is 0 Å². The van der Waals surface area contributed by atoms with Crippen molar-refractivity contribution in [2.24, 2.45) is 0 Å². The van der Waals surface area contributed by atoms with Crippen molar-refractivity contribution in [2.45, 2.75) is 12.1 Å². The molecule has 0 unspecified atom stereocenters. The summed E-state index contributed by atoms with van der Waals surface area (Å²) in [5.74, 6) is 0.997. The van der Waals surface area contributed by atoms with E-state index >= 15 is 0 Å². The molecule has 134 valence electrons. The Balaban J connectivity index is 1.73. The van der Waals surface area contributed by atoms with E-state index in [1.807, 2.05) is 54.0 Å². The molecule has 0 atom stereocenters. The van der Waals surface area contributed by atoms with E-state index in [1.54, 1.807) is 24.7 Å². The Labute approximate surface area is 160 Å². The lowest BCUT2D eigenvalue weighted by Crippen LogP contribution is -2.06. The van der Waals surface area contributed by atoms with Gasteiger partial charge in [-0.1, -0.05) is 30.0 Å². The summed E-state index contributed by atoms with van der Waals surface area (Å²) in [6.07, 6.45) is 5.23. The van der Waals surface area contributed by atoms with Crippen LogP contribution in [0.3, 0.4) is 0 Å². The molecule has 0 fully saturated rings. The maximum atomic E-state index is 12.4. The second kappa shape index (κ2) is 7.59. The number of aryl methyl sites for hydroxylation is 1. The summed E-state index contributed by atoms with van der Waals surface area (Å²) in [5, 5.41) is 9.40. The first kappa shape index (κ1) is 17.2. The van der Waals surface area contributed by atoms with Gasteiger partial charge in [0.1, 0.15) is 0 Å². The minimum Gasteiger partial charge on any atom is -0.359 e. The first-order valence-corrected chi connectivity index (χ1v) is 9.44. The van der Waals surface area contributed by atoms with Crippen LogP contribution in [0.1, 0.15) is 16.1 Å².